The van der Waals surface area contributed by atoms with E-state index in [1.807, 2.05) is 0 Å². The first-order valence-electron chi connectivity index (χ1n) is 5.06. The van der Waals surface area contributed by atoms with Crippen molar-refractivity contribution < 1.29 is 9.72 Å². The van der Waals surface area contributed by atoms with Gasteiger partial charge in [-0.15, -0.1) is 0 Å². The molecule has 1 aromatic rings. The minimum Gasteiger partial charge on any atom is -0.281 e. The molecule has 0 amide bonds. The van der Waals surface area contributed by atoms with E-state index in [-0.39, 0.29) is 11.6 Å². The van der Waals surface area contributed by atoms with Gasteiger partial charge in [0.1, 0.15) is 0 Å². The van der Waals surface area contributed by atoms with Crippen LogP contribution in [0.25, 0.3) is 0 Å². The number of aryl methyl sites for hydroxylation is 1. The number of nitro benzene ring substituents is 1. The lowest BCUT2D eigenvalue weighted by Crippen LogP contribution is -2.15. The summed E-state index contributed by atoms with van der Waals surface area (Å²) in [6.45, 7) is 0. The van der Waals surface area contributed by atoms with Crippen LogP contribution < -0.4 is 0 Å². The first-order chi connectivity index (χ1) is 7.59. The minimum atomic E-state index is -0.454. The molecule has 0 bridgehead atoms. The van der Waals surface area contributed by atoms with Crippen molar-refractivity contribution in [3.8, 4) is 0 Å². The molecule has 0 aliphatic heterocycles. The molecule has 1 aliphatic rings. The highest BCUT2D eigenvalue weighted by Gasteiger charge is 2.26. The molecular formula is C11H10ClNO3. The van der Waals surface area contributed by atoms with Gasteiger partial charge < -0.3 is 0 Å². The molecule has 1 aliphatic carbocycles. The number of benzene rings is 1. The van der Waals surface area contributed by atoms with Gasteiger partial charge in [-0.3, -0.25) is 14.9 Å². The Morgan fingerprint density at radius 3 is 2.88 bits per heavy atom. The van der Waals surface area contributed by atoms with Crippen LogP contribution >= 0.6 is 11.6 Å². The number of hydrogen-bond acceptors (Lipinski definition) is 3. The normalized spacial score (nSPS) is 18.9. The largest absolute Gasteiger partial charge is 0.281 e. The van der Waals surface area contributed by atoms with Crippen LogP contribution in [-0.2, 0) is 11.2 Å². The van der Waals surface area contributed by atoms with Crippen molar-refractivity contribution in [3.63, 3.8) is 0 Å². The van der Waals surface area contributed by atoms with Crippen LogP contribution in [0.4, 0.5) is 5.69 Å². The van der Waals surface area contributed by atoms with Crippen LogP contribution in [0.1, 0.15) is 29.9 Å². The zero-order chi connectivity index (χ0) is 11.7. The molecule has 0 fully saturated rings. The third-order valence-electron chi connectivity index (χ3n) is 2.93. The summed E-state index contributed by atoms with van der Waals surface area (Å²) >= 11 is 5.51. The van der Waals surface area contributed by atoms with Crippen molar-refractivity contribution >= 4 is 22.5 Å². The Labute approximate surface area is 97.4 Å². The fourth-order valence-corrected chi connectivity index (χ4v) is 2.36. The predicted molar refractivity (Wildman–Crippen MR) is 59.6 cm³/mol. The molecular weight excluding hydrogens is 230 g/mol. The molecule has 84 valence electrons. The van der Waals surface area contributed by atoms with E-state index in [4.69, 9.17) is 11.6 Å². The SMILES string of the molecule is O=C(Cl)C1CCCc2ccc([N+](=O)[O-])cc21. The van der Waals surface area contributed by atoms with Crippen molar-refractivity contribution in [3.05, 3.63) is 39.4 Å². The predicted octanol–water partition coefficient (Wildman–Crippen LogP) is 2.78. The highest BCUT2D eigenvalue weighted by Crippen LogP contribution is 2.35. The number of halogens is 1. The topological polar surface area (TPSA) is 60.2 Å². The Morgan fingerprint density at radius 2 is 2.25 bits per heavy atom. The summed E-state index contributed by atoms with van der Waals surface area (Å²) in [4.78, 5) is 21.4. The van der Waals surface area contributed by atoms with Crippen molar-refractivity contribution in [1.82, 2.24) is 0 Å². The van der Waals surface area contributed by atoms with Gasteiger partial charge >= 0.3 is 0 Å². The third kappa shape index (κ3) is 1.93. The van der Waals surface area contributed by atoms with Crippen LogP contribution in [0.5, 0.6) is 0 Å². The van der Waals surface area contributed by atoms with Gasteiger partial charge in [0.2, 0.25) is 5.24 Å². The Bertz CT molecular complexity index is 459. The molecule has 0 saturated carbocycles. The van der Waals surface area contributed by atoms with Gasteiger partial charge in [0.25, 0.3) is 5.69 Å². The molecule has 1 aromatic carbocycles. The van der Waals surface area contributed by atoms with Crippen LogP contribution in [0, 0.1) is 10.1 Å². The smallest absolute Gasteiger partial charge is 0.269 e. The second-order valence-electron chi connectivity index (χ2n) is 3.89. The van der Waals surface area contributed by atoms with Crippen molar-refractivity contribution in [2.75, 3.05) is 0 Å². The van der Waals surface area contributed by atoms with Crippen molar-refractivity contribution in [2.24, 2.45) is 0 Å². The average molecular weight is 240 g/mol. The molecule has 0 radical (unpaired) electrons. The molecule has 5 heteroatoms. The highest BCUT2D eigenvalue weighted by molar-refractivity contribution is 6.64. The van der Waals surface area contributed by atoms with Gasteiger partial charge in [0.05, 0.1) is 10.8 Å². The summed E-state index contributed by atoms with van der Waals surface area (Å²) in [7, 11) is 0. The summed E-state index contributed by atoms with van der Waals surface area (Å²) in [6.07, 6.45) is 2.43. The van der Waals surface area contributed by atoms with Gasteiger partial charge in [-0.05, 0) is 42.0 Å². The van der Waals surface area contributed by atoms with Crippen LogP contribution in [0.15, 0.2) is 18.2 Å². The first-order valence-corrected chi connectivity index (χ1v) is 5.44. The van der Waals surface area contributed by atoms with E-state index in [0.717, 1.165) is 24.0 Å². The van der Waals surface area contributed by atoms with E-state index in [1.54, 1.807) is 6.07 Å². The van der Waals surface area contributed by atoms with Crippen molar-refractivity contribution in [1.29, 1.82) is 0 Å². The zero-order valence-electron chi connectivity index (χ0n) is 8.48. The maximum absolute atomic E-state index is 11.2. The van der Waals surface area contributed by atoms with Crippen LogP contribution in [0.2, 0.25) is 0 Å². The van der Waals surface area contributed by atoms with E-state index >= 15 is 0 Å². The minimum absolute atomic E-state index is 0.0172. The Kier molecular flexibility index (Phi) is 2.92. The molecule has 0 saturated heterocycles. The second kappa shape index (κ2) is 4.22. The van der Waals surface area contributed by atoms with E-state index in [9.17, 15) is 14.9 Å². The monoisotopic (exact) mass is 239 g/mol. The number of carbonyl (C=O) groups excluding carboxylic acids is 1. The maximum Gasteiger partial charge on any atom is 0.269 e. The molecule has 0 spiro atoms. The summed E-state index contributed by atoms with van der Waals surface area (Å²) < 4.78 is 0. The molecule has 1 unspecified atom stereocenters. The van der Waals surface area contributed by atoms with Gasteiger partial charge in [-0.1, -0.05) is 6.07 Å². The number of nitrogens with zero attached hydrogens (tertiary/aromatic N) is 1. The first kappa shape index (κ1) is 11.1. The molecule has 16 heavy (non-hydrogen) atoms. The zero-order valence-corrected chi connectivity index (χ0v) is 9.24. The van der Waals surface area contributed by atoms with E-state index in [0.29, 0.717) is 6.42 Å². The molecule has 0 N–H and O–H groups in total. The molecule has 2 rings (SSSR count). The van der Waals surface area contributed by atoms with E-state index < -0.39 is 10.2 Å². The third-order valence-corrected chi connectivity index (χ3v) is 3.19. The lowest BCUT2D eigenvalue weighted by atomic mass is 9.83. The highest BCUT2D eigenvalue weighted by atomic mass is 35.5. The number of hydrogen-bond donors (Lipinski definition) is 0. The van der Waals surface area contributed by atoms with Gasteiger partial charge in [-0.25, -0.2) is 0 Å². The molecule has 1 atom stereocenters. The number of rotatable bonds is 2. The van der Waals surface area contributed by atoms with E-state index in [2.05, 4.69) is 0 Å². The Balaban J connectivity index is 2.48. The quantitative estimate of drug-likeness (QED) is 0.453. The fraction of sp³-hybridized carbons (Fsp3) is 0.364. The molecule has 0 aromatic heterocycles. The second-order valence-corrected chi connectivity index (χ2v) is 4.26. The summed E-state index contributed by atoms with van der Waals surface area (Å²) in [5.74, 6) is -0.384. The lowest BCUT2D eigenvalue weighted by molar-refractivity contribution is -0.384. The number of fused-ring (bicyclic) bond motifs is 1. The Hall–Kier alpha value is -1.42. The van der Waals surface area contributed by atoms with Crippen molar-refractivity contribution in [2.45, 2.75) is 25.2 Å². The van der Waals surface area contributed by atoms with Crippen LogP contribution in [0.3, 0.4) is 0 Å². The standard InChI is InChI=1S/C11H10ClNO3/c12-11(14)9-3-1-2-7-4-5-8(13(15)16)6-10(7)9/h4-6,9H,1-3H2. The van der Waals surface area contributed by atoms with Gasteiger partial charge in [0.15, 0.2) is 0 Å². The average Bonchev–Trinajstić information content (AvgIpc) is 2.27. The van der Waals surface area contributed by atoms with Crippen LogP contribution in [-0.4, -0.2) is 10.2 Å². The Morgan fingerprint density at radius 1 is 1.50 bits per heavy atom. The summed E-state index contributed by atoms with van der Waals surface area (Å²) in [6, 6.07) is 4.67. The fourth-order valence-electron chi connectivity index (χ4n) is 2.14. The lowest BCUT2D eigenvalue weighted by Gasteiger charge is -2.21. The number of nitro groups is 1. The number of carbonyl (C=O) groups is 1. The molecule has 4 nitrogen and oxygen atoms in total. The van der Waals surface area contributed by atoms with Gasteiger partial charge in [0, 0.05) is 12.1 Å². The summed E-state index contributed by atoms with van der Waals surface area (Å²) in [5.41, 5.74) is 1.74. The van der Waals surface area contributed by atoms with E-state index in [1.165, 1.54) is 12.1 Å². The summed E-state index contributed by atoms with van der Waals surface area (Å²) in [5, 5.41) is 10.2. The maximum atomic E-state index is 11.2. The van der Waals surface area contributed by atoms with Gasteiger partial charge in [-0.2, -0.15) is 0 Å². The molecule has 0 heterocycles. The number of non-ortho nitro benzene ring substituents is 1.